The summed E-state index contributed by atoms with van der Waals surface area (Å²) in [5.74, 6) is 0.409. The van der Waals surface area contributed by atoms with Gasteiger partial charge in [0.15, 0.2) is 0 Å². The van der Waals surface area contributed by atoms with E-state index in [0.717, 1.165) is 25.7 Å². The van der Waals surface area contributed by atoms with E-state index in [9.17, 15) is 10.1 Å². The smallest absolute Gasteiger partial charge is 0.256 e. The lowest BCUT2D eigenvalue weighted by Crippen LogP contribution is -2.43. The molecular formula is C21H32N2O3. The summed E-state index contributed by atoms with van der Waals surface area (Å²) in [6.45, 7) is 10.3. The van der Waals surface area contributed by atoms with Crippen LogP contribution in [0.3, 0.4) is 0 Å². The summed E-state index contributed by atoms with van der Waals surface area (Å²) in [4.78, 5) is 12.8. The number of unbranched alkanes of at least 4 members (excludes halogenated alkanes) is 2. The number of amides is 1. The Hall–Kier alpha value is -2.06. The molecule has 0 saturated heterocycles. The van der Waals surface area contributed by atoms with Crippen LogP contribution in [-0.2, 0) is 9.53 Å². The molecule has 0 bridgehead atoms. The number of nitrogens with one attached hydrogen (secondary N) is 1. The summed E-state index contributed by atoms with van der Waals surface area (Å²) in [5, 5.41) is 12.3. The second kappa shape index (κ2) is 10.8. The van der Waals surface area contributed by atoms with Crippen molar-refractivity contribution in [3.8, 4) is 11.8 Å². The highest BCUT2D eigenvalue weighted by atomic mass is 16.5. The van der Waals surface area contributed by atoms with Crippen LogP contribution in [0.15, 0.2) is 18.2 Å². The van der Waals surface area contributed by atoms with Crippen LogP contribution in [-0.4, -0.2) is 24.2 Å². The molecule has 1 N–H and O–H groups in total. The number of anilines is 1. The average molecular weight is 360 g/mol. The third-order valence-electron chi connectivity index (χ3n) is 4.47. The predicted molar refractivity (Wildman–Crippen MR) is 104 cm³/mol. The molecule has 5 nitrogen and oxygen atoms in total. The molecule has 1 aromatic rings. The Morgan fingerprint density at radius 1 is 1.31 bits per heavy atom. The first-order chi connectivity index (χ1) is 12.4. The largest absolute Gasteiger partial charge is 0.491 e. The van der Waals surface area contributed by atoms with Gasteiger partial charge in [0.1, 0.15) is 17.4 Å². The second-order valence-electron chi connectivity index (χ2n) is 6.73. The standard InChI is InChI=1S/C21H32N2O3/c1-6-9-10-13-21(5,25-8-3)20(24)23-19-12-11-18(14-17(19)15-22)26-16(4)7-2/h11-12,14,16H,6-10,13H2,1-5H3,(H,23,24)/t16-,21+/m0/s1. The van der Waals surface area contributed by atoms with Gasteiger partial charge in [-0.3, -0.25) is 4.79 Å². The second-order valence-corrected chi connectivity index (χ2v) is 6.73. The highest BCUT2D eigenvalue weighted by Gasteiger charge is 2.33. The number of nitriles is 1. The lowest BCUT2D eigenvalue weighted by Gasteiger charge is -2.28. The van der Waals surface area contributed by atoms with E-state index in [0.29, 0.717) is 30.0 Å². The molecule has 0 saturated carbocycles. The fourth-order valence-corrected chi connectivity index (χ4v) is 2.65. The highest BCUT2D eigenvalue weighted by molar-refractivity contribution is 5.98. The summed E-state index contributed by atoms with van der Waals surface area (Å²) >= 11 is 0. The van der Waals surface area contributed by atoms with Crippen LogP contribution in [0.5, 0.6) is 5.75 Å². The molecule has 0 fully saturated rings. The summed E-state index contributed by atoms with van der Waals surface area (Å²) in [6.07, 6.45) is 4.67. The van der Waals surface area contributed by atoms with E-state index < -0.39 is 5.60 Å². The van der Waals surface area contributed by atoms with Gasteiger partial charge >= 0.3 is 0 Å². The maximum Gasteiger partial charge on any atom is 0.256 e. The molecule has 0 heterocycles. The number of benzene rings is 1. The Morgan fingerprint density at radius 3 is 2.62 bits per heavy atom. The van der Waals surface area contributed by atoms with E-state index in [4.69, 9.17) is 9.47 Å². The molecule has 0 spiro atoms. The van der Waals surface area contributed by atoms with Gasteiger partial charge in [0, 0.05) is 12.7 Å². The van der Waals surface area contributed by atoms with Crippen molar-refractivity contribution in [3.05, 3.63) is 23.8 Å². The summed E-state index contributed by atoms with van der Waals surface area (Å²) < 4.78 is 11.5. The van der Waals surface area contributed by atoms with Gasteiger partial charge in [0.2, 0.25) is 0 Å². The zero-order valence-electron chi connectivity index (χ0n) is 16.7. The highest BCUT2D eigenvalue weighted by Crippen LogP contribution is 2.26. The zero-order chi connectivity index (χ0) is 19.6. The van der Waals surface area contributed by atoms with E-state index in [2.05, 4.69) is 18.3 Å². The van der Waals surface area contributed by atoms with Crippen molar-refractivity contribution in [2.75, 3.05) is 11.9 Å². The number of hydrogen-bond acceptors (Lipinski definition) is 4. The molecule has 1 rings (SSSR count). The molecule has 0 radical (unpaired) electrons. The van der Waals surface area contributed by atoms with Crippen LogP contribution < -0.4 is 10.1 Å². The molecule has 1 aromatic carbocycles. The molecule has 0 unspecified atom stereocenters. The van der Waals surface area contributed by atoms with Crippen LogP contribution in [0.25, 0.3) is 0 Å². The predicted octanol–water partition coefficient (Wildman–Crippen LogP) is 5.05. The van der Waals surface area contributed by atoms with Crippen molar-refractivity contribution in [1.29, 1.82) is 5.26 Å². The molecule has 144 valence electrons. The van der Waals surface area contributed by atoms with Gasteiger partial charge in [0.25, 0.3) is 5.91 Å². The number of carbonyl (C=O) groups is 1. The number of nitrogens with zero attached hydrogens (tertiary/aromatic N) is 1. The Morgan fingerprint density at radius 2 is 2.04 bits per heavy atom. The number of carbonyl (C=O) groups excluding carboxylic acids is 1. The van der Waals surface area contributed by atoms with E-state index in [-0.39, 0.29) is 12.0 Å². The summed E-state index contributed by atoms with van der Waals surface area (Å²) in [5.41, 5.74) is -0.0373. The van der Waals surface area contributed by atoms with Gasteiger partial charge in [-0.1, -0.05) is 33.1 Å². The maximum atomic E-state index is 12.8. The van der Waals surface area contributed by atoms with E-state index in [1.54, 1.807) is 18.2 Å². The van der Waals surface area contributed by atoms with Gasteiger partial charge in [-0.25, -0.2) is 0 Å². The first-order valence-corrected chi connectivity index (χ1v) is 9.56. The molecule has 26 heavy (non-hydrogen) atoms. The van der Waals surface area contributed by atoms with E-state index >= 15 is 0 Å². The Bertz CT molecular complexity index is 624. The SMILES string of the molecule is CCCCC[C@@](C)(OCC)C(=O)Nc1ccc(O[C@@H](C)CC)cc1C#N. The molecule has 0 aliphatic rings. The van der Waals surface area contributed by atoms with Crippen molar-refractivity contribution in [2.45, 2.75) is 78.4 Å². The van der Waals surface area contributed by atoms with Crippen LogP contribution >= 0.6 is 0 Å². The minimum absolute atomic E-state index is 0.0711. The lowest BCUT2D eigenvalue weighted by atomic mass is 9.96. The molecule has 0 aliphatic carbocycles. The quantitative estimate of drug-likeness (QED) is 0.561. The number of hydrogen-bond donors (Lipinski definition) is 1. The third kappa shape index (κ3) is 6.34. The molecule has 1 amide bonds. The Labute approximate surface area is 157 Å². The van der Waals surface area contributed by atoms with E-state index in [1.807, 2.05) is 27.7 Å². The number of ether oxygens (including phenoxy) is 2. The molecule has 0 aromatic heterocycles. The van der Waals surface area contributed by atoms with Gasteiger partial charge in [-0.05, 0) is 45.7 Å². The fraction of sp³-hybridized carbons (Fsp3) is 0.619. The van der Waals surface area contributed by atoms with Gasteiger partial charge in [-0.2, -0.15) is 5.26 Å². The summed E-state index contributed by atoms with van der Waals surface area (Å²) in [6, 6.07) is 7.29. The van der Waals surface area contributed by atoms with Crippen molar-refractivity contribution in [1.82, 2.24) is 0 Å². The Balaban J connectivity index is 2.93. The van der Waals surface area contributed by atoms with Crippen molar-refractivity contribution < 1.29 is 14.3 Å². The van der Waals surface area contributed by atoms with Gasteiger partial charge in [0.05, 0.1) is 17.4 Å². The molecule has 5 heteroatoms. The van der Waals surface area contributed by atoms with Crippen molar-refractivity contribution >= 4 is 11.6 Å². The monoisotopic (exact) mass is 360 g/mol. The van der Waals surface area contributed by atoms with Crippen LogP contribution in [0, 0.1) is 11.3 Å². The lowest BCUT2D eigenvalue weighted by molar-refractivity contribution is -0.139. The summed E-state index contributed by atoms with van der Waals surface area (Å²) in [7, 11) is 0. The van der Waals surface area contributed by atoms with Crippen LogP contribution in [0.2, 0.25) is 0 Å². The normalized spacial score (nSPS) is 14.2. The topological polar surface area (TPSA) is 71.3 Å². The molecular weight excluding hydrogens is 328 g/mol. The minimum atomic E-state index is -0.900. The molecule has 2 atom stereocenters. The first kappa shape index (κ1) is 22.0. The van der Waals surface area contributed by atoms with Crippen LogP contribution in [0.4, 0.5) is 5.69 Å². The fourth-order valence-electron chi connectivity index (χ4n) is 2.65. The van der Waals surface area contributed by atoms with E-state index in [1.165, 1.54) is 0 Å². The van der Waals surface area contributed by atoms with Gasteiger partial charge < -0.3 is 14.8 Å². The van der Waals surface area contributed by atoms with Crippen LogP contribution in [0.1, 0.15) is 72.3 Å². The minimum Gasteiger partial charge on any atom is -0.491 e. The first-order valence-electron chi connectivity index (χ1n) is 9.56. The third-order valence-corrected chi connectivity index (χ3v) is 4.47. The Kier molecular flexibility index (Phi) is 9.15. The zero-order valence-corrected chi connectivity index (χ0v) is 16.7. The van der Waals surface area contributed by atoms with Crippen molar-refractivity contribution in [2.24, 2.45) is 0 Å². The van der Waals surface area contributed by atoms with Gasteiger partial charge in [-0.15, -0.1) is 0 Å². The van der Waals surface area contributed by atoms with Crippen molar-refractivity contribution in [3.63, 3.8) is 0 Å². The average Bonchev–Trinajstić information content (AvgIpc) is 2.63. The number of rotatable bonds is 11. The maximum absolute atomic E-state index is 12.8. The molecule has 0 aliphatic heterocycles.